The molecule has 0 unspecified atom stereocenters. The van der Waals surface area contributed by atoms with E-state index >= 15 is 0 Å². The Hall–Kier alpha value is -1.36. The number of nitrogens with zero attached hydrogens (tertiary/aromatic N) is 1. The summed E-state index contributed by atoms with van der Waals surface area (Å²) >= 11 is 3.56. The number of amides is 2. The van der Waals surface area contributed by atoms with E-state index in [1.807, 2.05) is 33.8 Å². The molecule has 5 heteroatoms. The third-order valence-corrected chi connectivity index (χ3v) is 5.26. The first kappa shape index (κ1) is 20.0. The lowest BCUT2D eigenvalue weighted by molar-refractivity contribution is -0.124. The van der Waals surface area contributed by atoms with Crippen LogP contribution < -0.4 is 10.2 Å². The largest absolute Gasteiger partial charge is 0.350 e. The van der Waals surface area contributed by atoms with Gasteiger partial charge in [0.2, 0.25) is 11.8 Å². The van der Waals surface area contributed by atoms with Crippen LogP contribution in [0.15, 0.2) is 18.2 Å². The monoisotopic (exact) mass is 408 g/mol. The maximum Gasteiger partial charge on any atom is 0.241 e. The van der Waals surface area contributed by atoms with Crippen molar-refractivity contribution in [3.05, 3.63) is 29.3 Å². The summed E-state index contributed by atoms with van der Waals surface area (Å²) in [6.07, 6.45) is 0.740. The van der Waals surface area contributed by atoms with E-state index in [0.717, 1.165) is 23.2 Å². The van der Waals surface area contributed by atoms with Gasteiger partial charge >= 0.3 is 0 Å². The van der Waals surface area contributed by atoms with Gasteiger partial charge in [-0.05, 0) is 63.1 Å². The van der Waals surface area contributed by atoms with Gasteiger partial charge in [0, 0.05) is 11.2 Å². The van der Waals surface area contributed by atoms with Crippen LogP contribution in [0, 0.1) is 12.8 Å². The fourth-order valence-electron chi connectivity index (χ4n) is 3.34. The summed E-state index contributed by atoms with van der Waals surface area (Å²) in [5.41, 5.74) is 2.79. The summed E-state index contributed by atoms with van der Waals surface area (Å²) in [5, 5.41) is 2.95. The van der Waals surface area contributed by atoms with Gasteiger partial charge in [-0.3, -0.25) is 9.59 Å². The molecular formula is C20H29BrN2O2. The third-order valence-electron chi connectivity index (χ3n) is 4.49. The summed E-state index contributed by atoms with van der Waals surface area (Å²) in [6, 6.07) is 6.22. The smallest absolute Gasteiger partial charge is 0.241 e. The summed E-state index contributed by atoms with van der Waals surface area (Å²) in [6.45, 7) is 12.2. The highest BCUT2D eigenvalue weighted by Crippen LogP contribution is 2.41. The van der Waals surface area contributed by atoms with Crippen molar-refractivity contribution < 1.29 is 9.59 Å². The lowest BCUT2D eigenvalue weighted by Crippen LogP contribution is -2.48. The molecule has 0 bridgehead atoms. The SMILES string of the molecule is Cc1ccc2c(c1)N(CC(=O)NC(C)(C)C)C(=O)[C@@H](Br)C[C@@H]2C(C)C. The van der Waals surface area contributed by atoms with E-state index in [1.165, 1.54) is 0 Å². The Morgan fingerprint density at radius 2 is 2.00 bits per heavy atom. The predicted octanol–water partition coefficient (Wildman–Crippen LogP) is 4.15. The van der Waals surface area contributed by atoms with Gasteiger partial charge in [-0.15, -0.1) is 0 Å². The van der Waals surface area contributed by atoms with Crippen molar-refractivity contribution in [2.24, 2.45) is 5.92 Å². The van der Waals surface area contributed by atoms with Gasteiger partial charge in [-0.25, -0.2) is 0 Å². The van der Waals surface area contributed by atoms with Gasteiger partial charge in [0.1, 0.15) is 6.54 Å². The molecule has 0 fully saturated rings. The van der Waals surface area contributed by atoms with Crippen LogP contribution in [-0.4, -0.2) is 28.7 Å². The van der Waals surface area contributed by atoms with E-state index in [0.29, 0.717) is 5.92 Å². The maximum atomic E-state index is 13.0. The van der Waals surface area contributed by atoms with Crippen LogP contribution in [-0.2, 0) is 9.59 Å². The second kappa shape index (κ2) is 7.48. The number of carbonyl (C=O) groups is 2. The normalized spacial score (nSPS) is 21.1. The zero-order valence-corrected chi connectivity index (χ0v) is 17.6. The van der Waals surface area contributed by atoms with Crippen molar-refractivity contribution in [1.29, 1.82) is 0 Å². The number of benzene rings is 1. The Kier molecular flexibility index (Phi) is 5.97. The molecule has 0 aromatic heterocycles. The number of alkyl halides is 1. The van der Waals surface area contributed by atoms with E-state index in [1.54, 1.807) is 4.90 Å². The number of hydrogen-bond donors (Lipinski definition) is 1. The molecule has 1 heterocycles. The minimum Gasteiger partial charge on any atom is -0.350 e. The van der Waals surface area contributed by atoms with Gasteiger partial charge in [0.15, 0.2) is 0 Å². The van der Waals surface area contributed by atoms with E-state index in [4.69, 9.17) is 0 Å². The number of anilines is 1. The average Bonchev–Trinajstić information content (AvgIpc) is 2.56. The summed E-state index contributed by atoms with van der Waals surface area (Å²) in [7, 11) is 0. The standard InChI is InChI=1S/C20H29BrN2O2/c1-12(2)15-10-16(21)19(25)23(11-18(24)22-20(4,5)6)17-9-13(3)7-8-14(15)17/h7-9,12,15-16H,10-11H2,1-6H3,(H,22,24)/t15-,16+/m1/s1. The average molecular weight is 409 g/mol. The predicted molar refractivity (Wildman–Crippen MR) is 106 cm³/mol. The Morgan fingerprint density at radius 1 is 1.36 bits per heavy atom. The van der Waals surface area contributed by atoms with Crippen molar-refractivity contribution in [1.82, 2.24) is 5.32 Å². The van der Waals surface area contributed by atoms with Crippen LogP contribution in [0.3, 0.4) is 0 Å². The summed E-state index contributed by atoms with van der Waals surface area (Å²) in [5.74, 6) is 0.507. The molecule has 0 aliphatic carbocycles. The lowest BCUT2D eigenvalue weighted by Gasteiger charge is -2.27. The first-order valence-electron chi connectivity index (χ1n) is 8.86. The van der Waals surface area contributed by atoms with Crippen molar-refractivity contribution in [3.63, 3.8) is 0 Å². The number of nitrogens with one attached hydrogen (secondary N) is 1. The van der Waals surface area contributed by atoms with Crippen molar-refractivity contribution in [2.45, 2.75) is 64.2 Å². The molecule has 138 valence electrons. The highest BCUT2D eigenvalue weighted by molar-refractivity contribution is 9.10. The third kappa shape index (κ3) is 4.84. The summed E-state index contributed by atoms with van der Waals surface area (Å²) in [4.78, 5) is 26.8. The van der Waals surface area contributed by atoms with Crippen LogP contribution in [0.2, 0.25) is 0 Å². The van der Waals surface area contributed by atoms with Crippen molar-refractivity contribution in [2.75, 3.05) is 11.4 Å². The molecule has 0 saturated heterocycles. The fourth-order valence-corrected chi connectivity index (χ4v) is 3.99. The molecule has 4 nitrogen and oxygen atoms in total. The van der Waals surface area contributed by atoms with Crippen LogP contribution in [0.25, 0.3) is 0 Å². The van der Waals surface area contributed by atoms with Gasteiger partial charge < -0.3 is 10.2 Å². The Balaban J connectivity index is 2.45. The topological polar surface area (TPSA) is 49.4 Å². The van der Waals surface area contributed by atoms with Crippen LogP contribution in [0.1, 0.15) is 58.1 Å². The minimum atomic E-state index is -0.324. The molecule has 0 radical (unpaired) electrons. The molecule has 0 spiro atoms. The van der Waals surface area contributed by atoms with Crippen LogP contribution >= 0.6 is 15.9 Å². The molecule has 1 aromatic carbocycles. The Bertz CT molecular complexity index is 664. The molecular weight excluding hydrogens is 380 g/mol. The van der Waals surface area contributed by atoms with Crippen LogP contribution in [0.4, 0.5) is 5.69 Å². The first-order chi connectivity index (χ1) is 11.5. The number of hydrogen-bond acceptors (Lipinski definition) is 2. The van der Waals surface area contributed by atoms with E-state index in [-0.39, 0.29) is 34.6 Å². The van der Waals surface area contributed by atoms with Gasteiger partial charge in [0.25, 0.3) is 0 Å². The molecule has 1 aliphatic rings. The zero-order valence-electron chi connectivity index (χ0n) is 16.0. The molecule has 2 rings (SSSR count). The van der Waals surface area contributed by atoms with Gasteiger partial charge in [-0.1, -0.05) is 41.9 Å². The fraction of sp³-hybridized carbons (Fsp3) is 0.600. The van der Waals surface area contributed by atoms with Gasteiger partial charge in [0.05, 0.1) is 4.83 Å². The second-order valence-electron chi connectivity index (χ2n) is 8.34. The number of fused-ring (bicyclic) bond motifs is 1. The van der Waals surface area contributed by atoms with Crippen LogP contribution in [0.5, 0.6) is 0 Å². The number of rotatable bonds is 3. The molecule has 25 heavy (non-hydrogen) atoms. The first-order valence-corrected chi connectivity index (χ1v) is 9.78. The quantitative estimate of drug-likeness (QED) is 0.763. The number of halogens is 1. The minimum absolute atomic E-state index is 0.0411. The second-order valence-corrected chi connectivity index (χ2v) is 9.44. The molecule has 1 aliphatic heterocycles. The number of carbonyl (C=O) groups excluding carboxylic acids is 2. The molecule has 1 aromatic rings. The molecule has 2 amide bonds. The summed E-state index contributed by atoms with van der Waals surface area (Å²) < 4.78 is 0. The lowest BCUT2D eigenvalue weighted by atomic mass is 9.84. The highest BCUT2D eigenvalue weighted by Gasteiger charge is 2.36. The Labute approximate surface area is 159 Å². The molecule has 2 atom stereocenters. The highest BCUT2D eigenvalue weighted by atomic mass is 79.9. The van der Waals surface area contributed by atoms with Gasteiger partial charge in [-0.2, -0.15) is 0 Å². The maximum absolute atomic E-state index is 13.0. The Morgan fingerprint density at radius 3 is 2.56 bits per heavy atom. The molecule has 1 N–H and O–H groups in total. The van der Waals surface area contributed by atoms with E-state index in [9.17, 15) is 9.59 Å². The zero-order chi connectivity index (χ0) is 18.9. The van der Waals surface area contributed by atoms with Crippen molar-refractivity contribution in [3.8, 4) is 0 Å². The van der Waals surface area contributed by atoms with E-state index < -0.39 is 0 Å². The molecule has 0 saturated carbocycles. The van der Waals surface area contributed by atoms with Crippen molar-refractivity contribution >= 4 is 33.4 Å². The number of aryl methyl sites for hydroxylation is 1. The van der Waals surface area contributed by atoms with E-state index in [2.05, 4.69) is 47.2 Å².